The molecule has 214 valence electrons. The molecule has 0 heterocycles. The minimum absolute atomic E-state index is 0.124. The van der Waals surface area contributed by atoms with E-state index in [-0.39, 0.29) is 12.4 Å². The van der Waals surface area contributed by atoms with E-state index in [4.69, 9.17) is 9.84 Å². The number of nitrogens with zero attached hydrogens (tertiary/aromatic N) is 1. The molecule has 0 amide bonds. The van der Waals surface area contributed by atoms with Gasteiger partial charge in [-0.2, -0.15) is 0 Å². The summed E-state index contributed by atoms with van der Waals surface area (Å²) in [5.41, 5.74) is 0. The van der Waals surface area contributed by atoms with Crippen LogP contribution >= 0.6 is 0 Å². The summed E-state index contributed by atoms with van der Waals surface area (Å²) in [7, 11) is 5.92. The van der Waals surface area contributed by atoms with Crippen molar-refractivity contribution in [2.75, 3.05) is 27.7 Å². The molecule has 0 rings (SSSR count). The highest BCUT2D eigenvalue weighted by Crippen LogP contribution is 2.15. The first kappa shape index (κ1) is 34.9. The molecule has 0 aromatic carbocycles. The molecule has 1 N–H and O–H groups in total. The van der Waals surface area contributed by atoms with Crippen molar-refractivity contribution in [2.45, 2.75) is 161 Å². The van der Waals surface area contributed by atoms with E-state index in [0.717, 1.165) is 12.8 Å². The Hall–Kier alpha value is -1.10. The lowest BCUT2D eigenvalue weighted by Gasteiger charge is -2.28. The lowest BCUT2D eigenvalue weighted by Crippen LogP contribution is -2.43. The largest absolute Gasteiger partial charge is 0.481 e. The number of hydrogen-bond donors (Lipinski definition) is 1. The number of unbranched alkanes of at least 4 members (excludes halogenated alkanes) is 20. The number of carbonyl (C=O) groups excluding carboxylic acids is 1. The summed E-state index contributed by atoms with van der Waals surface area (Å²) in [6.07, 6.45) is 27.9. The van der Waals surface area contributed by atoms with Crippen molar-refractivity contribution in [3.05, 3.63) is 0 Å². The van der Waals surface area contributed by atoms with Gasteiger partial charge >= 0.3 is 11.9 Å². The fraction of sp³-hybridized carbons (Fsp3) is 0.935. The highest BCUT2D eigenvalue weighted by atomic mass is 16.5. The molecule has 0 aromatic heterocycles. The van der Waals surface area contributed by atoms with Gasteiger partial charge in [0.25, 0.3) is 0 Å². The highest BCUT2D eigenvalue weighted by molar-refractivity contribution is 5.71. The van der Waals surface area contributed by atoms with Crippen LogP contribution in [0.15, 0.2) is 0 Å². The number of carboxylic acid groups (broad SMARTS) is 1. The normalized spacial score (nSPS) is 12.6. The lowest BCUT2D eigenvalue weighted by atomic mass is 10.0. The van der Waals surface area contributed by atoms with E-state index in [9.17, 15) is 9.59 Å². The van der Waals surface area contributed by atoms with Gasteiger partial charge in [-0.25, -0.2) is 0 Å². The molecule has 0 saturated carbocycles. The van der Waals surface area contributed by atoms with Crippen molar-refractivity contribution in [1.82, 2.24) is 0 Å². The van der Waals surface area contributed by atoms with Crippen LogP contribution in [0.1, 0.15) is 155 Å². The fourth-order valence-electron chi connectivity index (χ4n) is 4.90. The standard InChI is InChI=1S/C31H61NO4/c1-5-6-7-8-9-10-11-12-13-14-15-16-17-18-19-20-21-22-23-24-25-26-31(35)36-29(27-30(33)34)28-32(2,3)4/h29H,5-28H2,1-4H3/p+1/t29-/m0/s1. The van der Waals surface area contributed by atoms with E-state index < -0.39 is 12.1 Å². The van der Waals surface area contributed by atoms with Gasteiger partial charge in [0.2, 0.25) is 0 Å². The van der Waals surface area contributed by atoms with Gasteiger partial charge in [-0.15, -0.1) is 0 Å². The van der Waals surface area contributed by atoms with Crippen molar-refractivity contribution in [3.8, 4) is 0 Å². The van der Waals surface area contributed by atoms with Gasteiger partial charge in [-0.05, 0) is 6.42 Å². The molecule has 0 bridgehead atoms. The molecule has 1 atom stereocenters. The van der Waals surface area contributed by atoms with E-state index in [0.29, 0.717) is 17.4 Å². The van der Waals surface area contributed by atoms with Crippen molar-refractivity contribution in [2.24, 2.45) is 0 Å². The molecule has 0 aromatic rings. The number of carbonyl (C=O) groups is 2. The predicted molar refractivity (Wildman–Crippen MR) is 152 cm³/mol. The Bertz CT molecular complexity index is 515. The molecule has 0 spiro atoms. The van der Waals surface area contributed by atoms with Crippen LogP contribution in [-0.4, -0.2) is 55.3 Å². The Kier molecular flexibility index (Phi) is 23.5. The number of ether oxygens (including phenoxy) is 1. The second kappa shape index (κ2) is 24.2. The topological polar surface area (TPSA) is 63.6 Å². The van der Waals surface area contributed by atoms with Gasteiger partial charge in [0.05, 0.1) is 27.6 Å². The number of likely N-dealkylation sites (N-methyl/N-ethyl adjacent to an activating group) is 1. The average molecular weight is 513 g/mol. The number of carboxylic acids is 1. The van der Waals surface area contributed by atoms with Gasteiger partial charge in [0.15, 0.2) is 6.10 Å². The zero-order valence-electron chi connectivity index (χ0n) is 24.7. The molecule has 0 radical (unpaired) electrons. The number of hydrogen-bond acceptors (Lipinski definition) is 3. The quantitative estimate of drug-likeness (QED) is 0.0679. The van der Waals surface area contributed by atoms with Crippen molar-refractivity contribution < 1.29 is 23.9 Å². The van der Waals surface area contributed by atoms with E-state index in [1.807, 2.05) is 21.1 Å². The Morgan fingerprint density at radius 2 is 0.944 bits per heavy atom. The van der Waals surface area contributed by atoms with Gasteiger partial charge in [0, 0.05) is 6.42 Å². The third-order valence-corrected chi connectivity index (χ3v) is 6.94. The van der Waals surface area contributed by atoms with Crippen LogP contribution in [0, 0.1) is 0 Å². The van der Waals surface area contributed by atoms with Crippen LogP contribution in [0.4, 0.5) is 0 Å². The van der Waals surface area contributed by atoms with E-state index >= 15 is 0 Å². The zero-order chi connectivity index (χ0) is 26.9. The summed E-state index contributed by atoms with van der Waals surface area (Å²) in [4.78, 5) is 23.1. The van der Waals surface area contributed by atoms with E-state index in [1.54, 1.807) is 0 Å². The van der Waals surface area contributed by atoms with Gasteiger partial charge in [-0.3, -0.25) is 9.59 Å². The van der Waals surface area contributed by atoms with Gasteiger partial charge in [-0.1, -0.05) is 135 Å². The third-order valence-electron chi connectivity index (χ3n) is 6.94. The minimum atomic E-state index is -0.921. The van der Waals surface area contributed by atoms with Crippen molar-refractivity contribution in [1.29, 1.82) is 0 Å². The molecular formula is C31H62NO4+. The summed E-state index contributed by atoms with van der Waals surface area (Å²) in [6, 6.07) is 0. The Morgan fingerprint density at radius 3 is 1.25 bits per heavy atom. The second-order valence-electron chi connectivity index (χ2n) is 12.0. The first-order chi connectivity index (χ1) is 17.2. The maximum absolute atomic E-state index is 12.1. The van der Waals surface area contributed by atoms with Crippen molar-refractivity contribution in [3.63, 3.8) is 0 Å². The monoisotopic (exact) mass is 512 g/mol. The molecule has 0 aliphatic rings. The molecule has 5 nitrogen and oxygen atoms in total. The maximum Gasteiger partial charge on any atom is 0.307 e. The average Bonchev–Trinajstić information content (AvgIpc) is 2.78. The zero-order valence-corrected chi connectivity index (χ0v) is 24.7. The summed E-state index contributed by atoms with van der Waals surface area (Å²) in [6.45, 7) is 2.80. The number of aliphatic carboxylic acids is 1. The van der Waals surface area contributed by atoms with Crippen LogP contribution in [0.3, 0.4) is 0 Å². The van der Waals surface area contributed by atoms with Crippen LogP contribution in [0.2, 0.25) is 0 Å². The summed E-state index contributed by atoms with van der Waals surface area (Å²) in [5.74, 6) is -1.18. The second-order valence-corrected chi connectivity index (χ2v) is 12.0. The molecule has 0 aliphatic carbocycles. The highest BCUT2D eigenvalue weighted by Gasteiger charge is 2.24. The molecule has 5 heteroatoms. The summed E-state index contributed by atoms with van der Waals surface area (Å²) in [5, 5.41) is 9.05. The van der Waals surface area contributed by atoms with Gasteiger partial charge in [0.1, 0.15) is 6.54 Å². The molecular weight excluding hydrogens is 450 g/mol. The summed E-state index contributed by atoms with van der Waals surface area (Å²) >= 11 is 0. The fourth-order valence-corrected chi connectivity index (χ4v) is 4.90. The van der Waals surface area contributed by atoms with Crippen LogP contribution < -0.4 is 0 Å². The van der Waals surface area contributed by atoms with Crippen LogP contribution in [0.5, 0.6) is 0 Å². The van der Waals surface area contributed by atoms with Crippen LogP contribution in [-0.2, 0) is 14.3 Å². The van der Waals surface area contributed by atoms with E-state index in [1.165, 1.54) is 122 Å². The predicted octanol–water partition coefficient (Wildman–Crippen LogP) is 8.68. The number of esters is 1. The molecule has 0 saturated heterocycles. The SMILES string of the molecule is CCCCCCCCCCCCCCCCCCCCCCCC(=O)O[C@@H](CC(=O)O)C[N+](C)(C)C. The Balaban J connectivity index is 3.41. The molecule has 0 fully saturated rings. The van der Waals surface area contributed by atoms with Gasteiger partial charge < -0.3 is 14.3 Å². The first-order valence-electron chi connectivity index (χ1n) is 15.5. The lowest BCUT2D eigenvalue weighted by molar-refractivity contribution is -0.873. The Labute approximate surface area is 224 Å². The smallest absolute Gasteiger partial charge is 0.307 e. The summed E-state index contributed by atoms with van der Waals surface area (Å²) < 4.78 is 6.02. The van der Waals surface area contributed by atoms with Crippen molar-refractivity contribution >= 4 is 11.9 Å². The van der Waals surface area contributed by atoms with Crippen LogP contribution in [0.25, 0.3) is 0 Å². The van der Waals surface area contributed by atoms with E-state index in [2.05, 4.69) is 6.92 Å². The molecule has 0 unspecified atom stereocenters. The maximum atomic E-state index is 12.1. The first-order valence-corrected chi connectivity index (χ1v) is 15.5. The minimum Gasteiger partial charge on any atom is -0.481 e. The number of rotatable bonds is 27. The molecule has 36 heavy (non-hydrogen) atoms. The third kappa shape index (κ3) is 27.5. The molecule has 0 aliphatic heterocycles. The number of quaternary nitrogens is 1. The Morgan fingerprint density at radius 1 is 0.611 bits per heavy atom.